The van der Waals surface area contributed by atoms with Crippen molar-refractivity contribution in [2.45, 2.75) is 26.7 Å². The number of unbranched alkanes of at least 4 members (excludes halogenated alkanes) is 1. The minimum atomic E-state index is -1.19. The van der Waals surface area contributed by atoms with Gasteiger partial charge in [-0.1, -0.05) is 69.5 Å². The second-order valence-electron chi connectivity index (χ2n) is 4.41. The molecule has 0 fully saturated rings. The van der Waals surface area contributed by atoms with Gasteiger partial charge in [0.1, 0.15) is 0 Å². The summed E-state index contributed by atoms with van der Waals surface area (Å²) >= 11 is 0. The van der Waals surface area contributed by atoms with Crippen LogP contribution in [0.1, 0.15) is 32.3 Å². The molecule has 0 unspecified atom stereocenters. The van der Waals surface area contributed by atoms with E-state index >= 15 is 0 Å². The fourth-order valence-corrected chi connectivity index (χ4v) is 0.965. The van der Waals surface area contributed by atoms with E-state index in [4.69, 9.17) is 0 Å². The molecule has 0 aliphatic rings. The second-order valence-corrected chi connectivity index (χ2v) is 4.41. The van der Waals surface area contributed by atoms with Crippen LogP contribution in [0.2, 0.25) is 0 Å². The van der Waals surface area contributed by atoms with E-state index < -0.39 is 5.97 Å². The van der Waals surface area contributed by atoms with Crippen LogP contribution in [-0.2, 0) is 14.3 Å². The standard InChI is InChI=1S/C8H8.C7H12O2.C4H6O2.Na/c1-2-8-6-4-3-5-7-8;1-3-5-6-9-7(8)4-2;1-3(2)4(5)6;/h2-7H,1H2;4H,2-3,5-6H2,1H3;1H2,2H3,(H,5,6);/q;;;+1/p-1. The van der Waals surface area contributed by atoms with Gasteiger partial charge in [0.2, 0.25) is 0 Å². The molecule has 0 aromatic heterocycles. The minimum absolute atomic E-state index is 0. The topological polar surface area (TPSA) is 66.4 Å². The number of hydrogen-bond acceptors (Lipinski definition) is 4. The number of rotatable bonds is 6. The van der Waals surface area contributed by atoms with Gasteiger partial charge >= 0.3 is 35.5 Å². The first-order valence-electron chi connectivity index (χ1n) is 7.22. The molecule has 0 saturated heterocycles. The van der Waals surface area contributed by atoms with Crippen molar-refractivity contribution >= 4 is 18.0 Å². The van der Waals surface area contributed by atoms with Gasteiger partial charge in [-0.05, 0) is 24.5 Å². The van der Waals surface area contributed by atoms with E-state index in [2.05, 4.69) is 24.5 Å². The Morgan fingerprint density at radius 2 is 1.71 bits per heavy atom. The van der Waals surface area contributed by atoms with E-state index in [0.717, 1.165) is 12.8 Å². The van der Waals surface area contributed by atoms with Crippen molar-refractivity contribution in [2.75, 3.05) is 6.61 Å². The van der Waals surface area contributed by atoms with Crippen molar-refractivity contribution in [1.82, 2.24) is 0 Å². The zero-order valence-corrected chi connectivity index (χ0v) is 16.9. The quantitative estimate of drug-likeness (QED) is 0.320. The SMILES string of the molecule is C=C(C)C(=O)[O-].C=CC(=O)OCCCC.C=Cc1ccccc1.[Na+]. The molecule has 4 nitrogen and oxygen atoms in total. The van der Waals surface area contributed by atoms with E-state index in [0.29, 0.717) is 6.61 Å². The van der Waals surface area contributed by atoms with Crippen molar-refractivity contribution in [2.24, 2.45) is 0 Å². The van der Waals surface area contributed by atoms with Crippen LogP contribution in [0.4, 0.5) is 0 Å². The number of carboxylic acids is 1. The summed E-state index contributed by atoms with van der Waals surface area (Å²) in [5, 5.41) is 9.49. The first kappa shape index (κ1) is 27.2. The van der Waals surface area contributed by atoms with Crippen molar-refractivity contribution in [1.29, 1.82) is 0 Å². The van der Waals surface area contributed by atoms with Crippen LogP contribution in [0.25, 0.3) is 6.08 Å². The number of ether oxygens (including phenoxy) is 1. The van der Waals surface area contributed by atoms with Crippen LogP contribution in [0.5, 0.6) is 0 Å². The minimum Gasteiger partial charge on any atom is -0.545 e. The molecule has 0 aliphatic carbocycles. The fraction of sp³-hybridized carbons (Fsp3) is 0.263. The van der Waals surface area contributed by atoms with E-state index in [1.165, 1.54) is 18.6 Å². The van der Waals surface area contributed by atoms with Gasteiger partial charge in [-0.2, -0.15) is 0 Å². The van der Waals surface area contributed by atoms with Crippen LogP contribution < -0.4 is 34.7 Å². The average Bonchev–Trinajstić information content (AvgIpc) is 2.56. The number of carbonyl (C=O) groups is 2. The largest absolute Gasteiger partial charge is 1.00 e. The van der Waals surface area contributed by atoms with Crippen LogP contribution in [0.15, 0.2) is 61.7 Å². The predicted molar refractivity (Wildman–Crippen MR) is 92.4 cm³/mol. The number of carbonyl (C=O) groups excluding carboxylic acids is 2. The van der Waals surface area contributed by atoms with Gasteiger partial charge in [-0.25, -0.2) is 4.79 Å². The maximum atomic E-state index is 10.3. The molecule has 0 N–H and O–H groups in total. The van der Waals surface area contributed by atoms with Crippen molar-refractivity contribution in [3.8, 4) is 0 Å². The van der Waals surface area contributed by atoms with E-state index in [1.54, 1.807) is 0 Å². The van der Waals surface area contributed by atoms with Crippen LogP contribution in [0.3, 0.4) is 0 Å². The van der Waals surface area contributed by atoms with Gasteiger partial charge in [0.25, 0.3) is 0 Å². The smallest absolute Gasteiger partial charge is 0.545 e. The van der Waals surface area contributed by atoms with Crippen LogP contribution >= 0.6 is 0 Å². The Morgan fingerprint density at radius 3 is 2.00 bits per heavy atom. The number of benzene rings is 1. The summed E-state index contributed by atoms with van der Waals surface area (Å²) in [7, 11) is 0. The Balaban J connectivity index is -0.000000275. The Morgan fingerprint density at radius 1 is 1.21 bits per heavy atom. The molecule has 5 heteroatoms. The number of hydrogen-bond donors (Lipinski definition) is 0. The molecule has 126 valence electrons. The van der Waals surface area contributed by atoms with Gasteiger partial charge in [0, 0.05) is 6.08 Å². The van der Waals surface area contributed by atoms with Gasteiger partial charge in [-0.15, -0.1) is 0 Å². The maximum absolute atomic E-state index is 10.3. The third-order valence-electron chi connectivity index (χ3n) is 2.29. The molecular formula is C19H25NaO4. The summed E-state index contributed by atoms with van der Waals surface area (Å²) in [6.45, 7) is 13.9. The van der Waals surface area contributed by atoms with Crippen LogP contribution in [0, 0.1) is 0 Å². The zero-order valence-electron chi connectivity index (χ0n) is 14.9. The average molecular weight is 340 g/mol. The predicted octanol–water partition coefficient (Wildman–Crippen LogP) is 0.162. The fourth-order valence-electron chi connectivity index (χ4n) is 0.965. The van der Waals surface area contributed by atoms with E-state index in [-0.39, 0.29) is 41.1 Å². The van der Waals surface area contributed by atoms with Crippen molar-refractivity contribution < 1.29 is 49.0 Å². The number of aliphatic carboxylic acids is 1. The monoisotopic (exact) mass is 340 g/mol. The summed E-state index contributed by atoms with van der Waals surface area (Å²) < 4.78 is 4.67. The molecule has 0 spiro atoms. The molecule has 24 heavy (non-hydrogen) atoms. The third kappa shape index (κ3) is 20.4. The number of carboxylic acid groups (broad SMARTS) is 1. The van der Waals surface area contributed by atoms with Gasteiger partial charge in [-0.3, -0.25) is 0 Å². The molecule has 0 atom stereocenters. The Kier molecular flexibility index (Phi) is 22.0. The second kappa shape index (κ2) is 19.4. The summed E-state index contributed by atoms with van der Waals surface area (Å²) in [5.74, 6) is -1.52. The molecule has 0 amide bonds. The molecule has 0 heterocycles. The van der Waals surface area contributed by atoms with E-state index in [9.17, 15) is 14.7 Å². The Bertz CT molecular complexity index is 483. The summed E-state index contributed by atoms with van der Waals surface area (Å²) in [5.41, 5.74) is 1.24. The molecule has 0 radical (unpaired) electrons. The maximum Gasteiger partial charge on any atom is 1.00 e. The van der Waals surface area contributed by atoms with E-state index in [1.807, 2.05) is 43.3 Å². The van der Waals surface area contributed by atoms with Crippen molar-refractivity contribution in [3.05, 3.63) is 67.3 Å². The van der Waals surface area contributed by atoms with Crippen molar-refractivity contribution in [3.63, 3.8) is 0 Å². The first-order valence-corrected chi connectivity index (χ1v) is 7.22. The summed E-state index contributed by atoms with van der Waals surface area (Å²) in [6.07, 6.45) is 4.99. The normalized spacial score (nSPS) is 7.92. The van der Waals surface area contributed by atoms with Gasteiger partial charge in [0.15, 0.2) is 0 Å². The number of esters is 1. The molecule has 0 aliphatic heterocycles. The zero-order chi connectivity index (χ0) is 18.1. The molecule has 1 rings (SSSR count). The first-order chi connectivity index (χ1) is 10.9. The summed E-state index contributed by atoms with van der Waals surface area (Å²) in [6, 6.07) is 10.0. The van der Waals surface area contributed by atoms with Crippen LogP contribution in [-0.4, -0.2) is 18.5 Å². The molecular weight excluding hydrogens is 315 g/mol. The molecule has 1 aromatic rings. The molecule has 1 aromatic carbocycles. The Hall–Kier alpha value is -1.62. The molecule has 0 bridgehead atoms. The Labute approximate surface area is 167 Å². The summed E-state index contributed by atoms with van der Waals surface area (Å²) in [4.78, 5) is 19.8. The third-order valence-corrected chi connectivity index (χ3v) is 2.29. The molecule has 0 saturated carbocycles. The van der Waals surface area contributed by atoms with Gasteiger partial charge < -0.3 is 14.6 Å². The van der Waals surface area contributed by atoms with Gasteiger partial charge in [0.05, 0.1) is 12.6 Å².